The minimum atomic E-state index is -4.56. The number of likely N-dealkylation sites (N-methyl/N-ethyl adjacent to an activating group) is 1. The van der Waals surface area contributed by atoms with Crippen LogP contribution in [-0.4, -0.2) is 35.7 Å². The van der Waals surface area contributed by atoms with Crippen LogP contribution < -0.4 is 10.6 Å². The predicted octanol–water partition coefficient (Wildman–Crippen LogP) is 3.98. The molecule has 1 aromatic carbocycles. The van der Waals surface area contributed by atoms with Crippen LogP contribution in [-0.2, 0) is 6.18 Å². The fraction of sp³-hybridized carbons (Fsp3) is 0.316. The average molecular weight is 429 g/mol. The first-order valence-corrected chi connectivity index (χ1v) is 8.75. The van der Waals surface area contributed by atoms with E-state index in [0.29, 0.717) is 24.2 Å². The largest absolute Gasteiger partial charge is 0.417 e. The van der Waals surface area contributed by atoms with E-state index in [1.54, 1.807) is 6.92 Å². The molecule has 2 heterocycles. The smallest absolute Gasteiger partial charge is 0.351 e. The van der Waals surface area contributed by atoms with E-state index in [0.717, 1.165) is 12.6 Å². The normalized spacial score (nSPS) is 11.3. The molecular weight excluding hydrogens is 409 g/mol. The number of carbonyl (C=O) groups excluding carboxylic acids is 1. The lowest BCUT2D eigenvalue weighted by molar-refractivity contribution is -0.137. The van der Waals surface area contributed by atoms with E-state index in [1.165, 1.54) is 24.3 Å². The van der Waals surface area contributed by atoms with Crippen molar-refractivity contribution in [3.8, 4) is 11.3 Å². The first-order chi connectivity index (χ1) is 13.3. The molecule has 3 rings (SSSR count). The second kappa shape index (κ2) is 9.23. The van der Waals surface area contributed by atoms with E-state index in [4.69, 9.17) is 4.52 Å². The SMILES string of the molecule is CCNCCNC(=O)c1cc(-c2ccccc2C(F)(F)F)nc2onc(C)c12.Cl. The Morgan fingerprint density at radius 3 is 2.62 bits per heavy atom. The Morgan fingerprint density at radius 2 is 1.93 bits per heavy atom. The maximum absolute atomic E-state index is 13.4. The van der Waals surface area contributed by atoms with E-state index >= 15 is 0 Å². The van der Waals surface area contributed by atoms with E-state index in [-0.39, 0.29) is 34.9 Å². The Kier molecular flexibility index (Phi) is 7.21. The second-order valence-electron chi connectivity index (χ2n) is 6.16. The number of nitrogens with zero attached hydrogens (tertiary/aromatic N) is 2. The Balaban J connectivity index is 0.00000300. The quantitative estimate of drug-likeness (QED) is 0.580. The van der Waals surface area contributed by atoms with Crippen molar-refractivity contribution in [3.05, 3.63) is 47.2 Å². The molecule has 0 bridgehead atoms. The third kappa shape index (κ3) is 4.86. The highest BCUT2D eigenvalue weighted by Crippen LogP contribution is 2.37. The van der Waals surface area contributed by atoms with Gasteiger partial charge in [-0.2, -0.15) is 13.2 Å². The summed E-state index contributed by atoms with van der Waals surface area (Å²) >= 11 is 0. The monoisotopic (exact) mass is 428 g/mol. The molecule has 0 aliphatic carbocycles. The Hall–Kier alpha value is -2.65. The molecule has 0 aliphatic heterocycles. The van der Waals surface area contributed by atoms with Crippen molar-refractivity contribution in [2.45, 2.75) is 20.0 Å². The molecule has 0 radical (unpaired) electrons. The van der Waals surface area contributed by atoms with Crippen molar-refractivity contribution < 1.29 is 22.5 Å². The Morgan fingerprint density at radius 1 is 1.21 bits per heavy atom. The molecule has 0 aliphatic rings. The summed E-state index contributed by atoms with van der Waals surface area (Å²) in [5.41, 5.74) is -0.344. The molecule has 0 saturated heterocycles. The number of alkyl halides is 3. The molecule has 0 unspecified atom stereocenters. The van der Waals surface area contributed by atoms with Gasteiger partial charge >= 0.3 is 6.18 Å². The summed E-state index contributed by atoms with van der Waals surface area (Å²) in [5, 5.41) is 10.0. The zero-order valence-electron chi connectivity index (χ0n) is 15.8. The third-order valence-electron chi connectivity index (χ3n) is 4.21. The summed E-state index contributed by atoms with van der Waals surface area (Å²) in [6.07, 6.45) is -4.56. The molecule has 156 valence electrons. The Labute approximate surface area is 171 Å². The van der Waals surface area contributed by atoms with Gasteiger partial charge in [-0.1, -0.05) is 30.3 Å². The highest BCUT2D eigenvalue weighted by atomic mass is 35.5. The zero-order chi connectivity index (χ0) is 20.3. The summed E-state index contributed by atoms with van der Waals surface area (Å²) in [5.74, 6) is -0.428. The van der Waals surface area contributed by atoms with Crippen molar-refractivity contribution in [1.82, 2.24) is 20.8 Å². The van der Waals surface area contributed by atoms with Crippen LogP contribution in [0.25, 0.3) is 22.4 Å². The fourth-order valence-electron chi connectivity index (χ4n) is 2.90. The maximum Gasteiger partial charge on any atom is 0.417 e. The highest BCUT2D eigenvalue weighted by Gasteiger charge is 2.34. The minimum Gasteiger partial charge on any atom is -0.351 e. The molecule has 6 nitrogen and oxygen atoms in total. The van der Waals surface area contributed by atoms with Crippen LogP contribution in [0.4, 0.5) is 13.2 Å². The molecule has 1 amide bonds. The third-order valence-corrected chi connectivity index (χ3v) is 4.21. The molecular formula is C19H20ClF3N4O2. The van der Waals surface area contributed by atoms with Gasteiger partial charge in [-0.25, -0.2) is 4.98 Å². The molecule has 10 heteroatoms. The van der Waals surface area contributed by atoms with Gasteiger partial charge < -0.3 is 15.2 Å². The second-order valence-corrected chi connectivity index (χ2v) is 6.16. The zero-order valence-corrected chi connectivity index (χ0v) is 16.6. The van der Waals surface area contributed by atoms with Gasteiger partial charge in [0, 0.05) is 18.7 Å². The lowest BCUT2D eigenvalue weighted by Gasteiger charge is -2.13. The predicted molar refractivity (Wildman–Crippen MR) is 105 cm³/mol. The number of rotatable bonds is 6. The first-order valence-electron chi connectivity index (χ1n) is 8.75. The highest BCUT2D eigenvalue weighted by molar-refractivity contribution is 6.07. The van der Waals surface area contributed by atoms with Gasteiger partial charge in [-0.3, -0.25) is 4.79 Å². The molecule has 29 heavy (non-hydrogen) atoms. The molecule has 3 aromatic rings. The van der Waals surface area contributed by atoms with Crippen molar-refractivity contribution in [1.29, 1.82) is 0 Å². The molecule has 0 saturated carbocycles. The van der Waals surface area contributed by atoms with Crippen molar-refractivity contribution in [2.24, 2.45) is 0 Å². The summed E-state index contributed by atoms with van der Waals surface area (Å²) in [4.78, 5) is 16.9. The summed E-state index contributed by atoms with van der Waals surface area (Å²) in [6, 6.07) is 6.42. The van der Waals surface area contributed by atoms with Crippen molar-refractivity contribution >= 4 is 29.4 Å². The maximum atomic E-state index is 13.4. The minimum absolute atomic E-state index is 0. The van der Waals surface area contributed by atoms with Crippen LogP contribution in [0.2, 0.25) is 0 Å². The number of pyridine rings is 1. The lowest BCUT2D eigenvalue weighted by atomic mass is 10.0. The van der Waals surface area contributed by atoms with E-state index in [2.05, 4.69) is 20.8 Å². The number of aryl methyl sites for hydroxylation is 1. The van der Waals surface area contributed by atoms with Gasteiger partial charge in [-0.15, -0.1) is 12.4 Å². The summed E-state index contributed by atoms with van der Waals surface area (Å²) in [6.45, 7) is 5.29. The lowest BCUT2D eigenvalue weighted by Crippen LogP contribution is -2.31. The number of amides is 1. The Bertz CT molecular complexity index is 1000. The van der Waals surface area contributed by atoms with E-state index < -0.39 is 17.6 Å². The summed E-state index contributed by atoms with van der Waals surface area (Å²) in [7, 11) is 0. The average Bonchev–Trinajstić information content (AvgIpc) is 3.04. The number of carbonyl (C=O) groups is 1. The number of benzene rings is 1. The molecule has 0 fully saturated rings. The molecule has 0 spiro atoms. The fourth-order valence-corrected chi connectivity index (χ4v) is 2.90. The number of fused-ring (bicyclic) bond motifs is 1. The van der Waals surface area contributed by atoms with Crippen molar-refractivity contribution in [3.63, 3.8) is 0 Å². The van der Waals surface area contributed by atoms with Gasteiger partial charge in [0.1, 0.15) is 0 Å². The van der Waals surface area contributed by atoms with Crippen LogP contribution in [0.3, 0.4) is 0 Å². The first kappa shape index (κ1) is 22.6. The van der Waals surface area contributed by atoms with Crippen LogP contribution in [0.15, 0.2) is 34.9 Å². The molecule has 0 atom stereocenters. The van der Waals surface area contributed by atoms with Crippen molar-refractivity contribution in [2.75, 3.05) is 19.6 Å². The van der Waals surface area contributed by atoms with Crippen LogP contribution >= 0.6 is 12.4 Å². The topological polar surface area (TPSA) is 80.0 Å². The van der Waals surface area contributed by atoms with Gasteiger partial charge in [0.05, 0.1) is 27.9 Å². The van der Waals surface area contributed by atoms with Gasteiger partial charge in [-0.05, 0) is 25.6 Å². The number of hydrogen-bond acceptors (Lipinski definition) is 5. The van der Waals surface area contributed by atoms with Crippen LogP contribution in [0, 0.1) is 6.92 Å². The number of halogens is 4. The van der Waals surface area contributed by atoms with Gasteiger partial charge in [0.25, 0.3) is 11.6 Å². The van der Waals surface area contributed by atoms with Crippen LogP contribution in [0.1, 0.15) is 28.5 Å². The van der Waals surface area contributed by atoms with Crippen LogP contribution in [0.5, 0.6) is 0 Å². The van der Waals surface area contributed by atoms with Gasteiger partial charge in [0.2, 0.25) is 0 Å². The van der Waals surface area contributed by atoms with E-state index in [1.807, 2.05) is 6.92 Å². The number of hydrogen-bond donors (Lipinski definition) is 2. The number of aromatic nitrogens is 2. The number of nitrogens with one attached hydrogen (secondary N) is 2. The van der Waals surface area contributed by atoms with E-state index in [9.17, 15) is 18.0 Å². The standard InChI is InChI=1S/C19H19F3N4O2.ClH/c1-3-23-8-9-24-17(27)13-10-15(25-18-16(13)11(2)26-28-18)12-6-4-5-7-14(12)19(20,21)22;/h4-7,10,23H,3,8-9H2,1-2H3,(H,24,27);1H. The summed E-state index contributed by atoms with van der Waals surface area (Å²) < 4.78 is 45.3. The molecule has 2 aromatic heterocycles. The van der Waals surface area contributed by atoms with Gasteiger partial charge in [0.15, 0.2) is 0 Å². The molecule has 2 N–H and O–H groups in total.